The average Bonchev–Trinajstić information content (AvgIpc) is 3.78. The third-order valence-corrected chi connectivity index (χ3v) is 14.9. The monoisotopic (exact) mass is 1070 g/mol. The van der Waals surface area contributed by atoms with Crippen molar-refractivity contribution in [2.75, 3.05) is 25.1 Å². The van der Waals surface area contributed by atoms with Crippen molar-refractivity contribution < 1.29 is 58.5 Å². The molecule has 8 atom stereocenters. The van der Waals surface area contributed by atoms with Gasteiger partial charge in [0, 0.05) is 54.9 Å². The lowest BCUT2D eigenvalue weighted by Gasteiger charge is -2.33. The summed E-state index contributed by atoms with van der Waals surface area (Å²) in [6.45, 7) is 3.40. The number of hydrogen-bond acceptors (Lipinski definition) is 14. The Morgan fingerprint density at radius 2 is 1.35 bits per heavy atom. The van der Waals surface area contributed by atoms with Gasteiger partial charge in [0.15, 0.2) is 0 Å². The minimum Gasteiger partial charge on any atom is -0.508 e. The first kappa shape index (κ1) is 58.7. The third kappa shape index (κ3) is 17.5. The second-order valence-electron chi connectivity index (χ2n) is 18.5. The molecule has 14 N–H and O–H groups in total. The molecule has 0 bridgehead atoms. The number of phenolic OH excluding ortho intramolecular Hbond substituents is 1. The second-order valence-corrected chi connectivity index (χ2v) is 21.1. The summed E-state index contributed by atoms with van der Waals surface area (Å²) < 4.78 is 0. The van der Waals surface area contributed by atoms with E-state index in [4.69, 9.17) is 11.5 Å². The van der Waals surface area contributed by atoms with Crippen molar-refractivity contribution in [1.29, 1.82) is 0 Å². The molecule has 1 aromatic heterocycles. The molecule has 0 saturated carbocycles. The predicted octanol–water partition coefficient (Wildman–Crippen LogP) is 0.704. The zero-order valence-electron chi connectivity index (χ0n) is 41.8. The van der Waals surface area contributed by atoms with Crippen molar-refractivity contribution in [3.05, 3.63) is 102 Å². The molecule has 7 amide bonds. The number of aromatic hydroxyl groups is 1. The quantitative estimate of drug-likeness (QED) is 0.0482. The second kappa shape index (κ2) is 28.5. The Labute approximate surface area is 441 Å². The maximum absolute atomic E-state index is 14.9. The fraction of sp³-hybridized carbons (Fsp3) is 0.431. The summed E-state index contributed by atoms with van der Waals surface area (Å²) in [5.41, 5.74) is 14.2. The number of aromatic amines is 1. The van der Waals surface area contributed by atoms with Crippen LogP contribution in [0.5, 0.6) is 5.75 Å². The number of nitrogens with two attached hydrogens (primary N) is 2. The highest BCUT2D eigenvalue weighted by Crippen LogP contribution is 2.26. The van der Waals surface area contributed by atoms with Crippen LogP contribution in [0, 0.1) is 5.92 Å². The van der Waals surface area contributed by atoms with Gasteiger partial charge in [-0.2, -0.15) is 0 Å². The van der Waals surface area contributed by atoms with E-state index in [0.29, 0.717) is 29.5 Å². The summed E-state index contributed by atoms with van der Waals surface area (Å²) in [6, 6.07) is 10.3. The molecular formula is C51H66N10O12S2. The minimum atomic E-state index is -1.59. The van der Waals surface area contributed by atoms with E-state index in [1.54, 1.807) is 56.4 Å². The van der Waals surface area contributed by atoms with Crippen LogP contribution in [0.4, 0.5) is 0 Å². The number of amides is 7. The number of unbranched alkanes of at least 4 members (excludes halogenated alkanes) is 1. The van der Waals surface area contributed by atoms with Crippen LogP contribution >= 0.6 is 21.6 Å². The molecule has 3 aromatic carbocycles. The number of carbonyl (C=O) groups is 9. The van der Waals surface area contributed by atoms with Crippen molar-refractivity contribution >= 4 is 85.8 Å². The van der Waals surface area contributed by atoms with E-state index >= 15 is 0 Å². The Morgan fingerprint density at radius 3 is 2.01 bits per heavy atom. The smallest absolute Gasteiger partial charge is 0.326 e. The average molecular weight is 1080 g/mol. The number of likely N-dealkylation sites (N-methyl/N-ethyl adjacent to an activating group) is 1. The molecule has 4 aromatic rings. The van der Waals surface area contributed by atoms with E-state index in [1.807, 2.05) is 18.2 Å². The molecule has 0 spiro atoms. The first-order valence-electron chi connectivity index (χ1n) is 24.4. The first-order valence-corrected chi connectivity index (χ1v) is 26.8. The van der Waals surface area contributed by atoms with Gasteiger partial charge in [-0.25, -0.2) is 4.79 Å². The standard InChI is InChI=1S/C51H66N10O12S2/c1-28(2)43(51(72)73)60-48(69)39-26-74-75-27-40(59-44(65)34(53)24-42(63)64)50(71)61(3)41(22-29-11-5-4-6-12-29)49(70)57-38(23-31-25-54-35-14-8-7-13-33(31)35)47(68)55-36(15-9-10-20-52)45(66)56-37(46(67)58-39)21-30-16-18-32(62)19-17-30/h4-8,11-14,16-19,25,28,34,36-41,43,54,62H,9-10,15,20-24,26-27,52-53H2,1-3H3,(H,55,68)(H,56,66)(H,57,70)(H,58,67)(H,59,65)(H,60,69)(H,63,64)(H,72,73)/t34-,36-,37-,38-,39-,40-,41-,43-/m0/s1. The number of para-hydroxylation sites is 1. The molecule has 1 saturated heterocycles. The van der Waals surface area contributed by atoms with Crippen molar-refractivity contribution in [3.8, 4) is 5.75 Å². The fourth-order valence-electron chi connectivity index (χ4n) is 8.21. The van der Waals surface area contributed by atoms with Crippen LogP contribution in [-0.2, 0) is 62.4 Å². The highest BCUT2D eigenvalue weighted by Gasteiger charge is 2.38. The Balaban J connectivity index is 1.64. The molecule has 1 fully saturated rings. The summed E-state index contributed by atoms with van der Waals surface area (Å²) in [4.78, 5) is 129. The summed E-state index contributed by atoms with van der Waals surface area (Å²) in [5.74, 6) is -9.94. The number of rotatable bonds is 18. The first-order chi connectivity index (χ1) is 35.8. The zero-order valence-corrected chi connectivity index (χ0v) is 43.4. The van der Waals surface area contributed by atoms with Gasteiger partial charge in [-0.1, -0.05) is 96.1 Å². The Kier molecular flexibility index (Phi) is 22.3. The molecule has 404 valence electrons. The Morgan fingerprint density at radius 1 is 0.747 bits per heavy atom. The Hall–Kier alpha value is -7.15. The van der Waals surface area contributed by atoms with Crippen LogP contribution in [0.25, 0.3) is 10.9 Å². The number of aliphatic carboxylic acids is 2. The van der Waals surface area contributed by atoms with Crippen LogP contribution in [0.1, 0.15) is 56.2 Å². The number of carbonyl (C=O) groups excluding carboxylic acids is 7. The molecule has 22 nitrogen and oxygen atoms in total. The number of phenols is 1. The number of hydrogen-bond donors (Lipinski definition) is 12. The number of carboxylic acids is 2. The molecule has 0 radical (unpaired) electrons. The van der Waals surface area contributed by atoms with Gasteiger partial charge in [-0.15, -0.1) is 0 Å². The van der Waals surface area contributed by atoms with Gasteiger partial charge < -0.3 is 68.6 Å². The summed E-state index contributed by atoms with van der Waals surface area (Å²) in [6.07, 6.45) is 1.32. The van der Waals surface area contributed by atoms with Crippen LogP contribution < -0.4 is 43.4 Å². The predicted molar refractivity (Wildman–Crippen MR) is 283 cm³/mol. The van der Waals surface area contributed by atoms with Crippen LogP contribution in [-0.4, -0.2) is 152 Å². The van der Waals surface area contributed by atoms with Crippen molar-refractivity contribution in [1.82, 2.24) is 41.8 Å². The van der Waals surface area contributed by atoms with E-state index in [-0.39, 0.29) is 49.5 Å². The van der Waals surface area contributed by atoms with Crippen LogP contribution in [0.2, 0.25) is 0 Å². The van der Waals surface area contributed by atoms with Gasteiger partial charge in [-0.05, 0) is 66.6 Å². The fourth-order valence-corrected chi connectivity index (χ4v) is 10.5. The van der Waals surface area contributed by atoms with E-state index < -0.39 is 114 Å². The summed E-state index contributed by atoms with van der Waals surface area (Å²) >= 11 is 0. The summed E-state index contributed by atoms with van der Waals surface area (Å²) in [5, 5.41) is 46.2. The molecule has 1 aliphatic rings. The molecule has 0 unspecified atom stereocenters. The number of H-pyrrole nitrogens is 1. The lowest BCUT2D eigenvalue weighted by Crippen LogP contribution is -2.61. The SMILES string of the molecule is CC(C)[C@H](NC(=O)[C@@H]1CSSC[C@H](NC(=O)[C@@H](N)CC(=O)O)C(=O)N(C)[C@@H](Cc2ccccc2)C(=O)N[C@@H](Cc2c[nH]c3ccccc23)C(=O)N[C@@H](CCCCN)C(=O)N[C@@H](Cc2ccc(O)cc2)C(=O)N1)C(=O)O. The van der Waals surface area contributed by atoms with Crippen molar-refractivity contribution in [2.24, 2.45) is 17.4 Å². The number of aromatic nitrogens is 1. The lowest BCUT2D eigenvalue weighted by atomic mass is 10.00. The van der Waals surface area contributed by atoms with Gasteiger partial charge in [-0.3, -0.25) is 38.4 Å². The van der Waals surface area contributed by atoms with Crippen molar-refractivity contribution in [3.63, 3.8) is 0 Å². The molecule has 24 heteroatoms. The van der Waals surface area contributed by atoms with Crippen LogP contribution in [0.15, 0.2) is 85.1 Å². The molecule has 5 rings (SSSR count). The molecule has 2 heterocycles. The van der Waals surface area contributed by atoms with Gasteiger partial charge in [0.25, 0.3) is 0 Å². The molecule has 0 aliphatic carbocycles. The highest BCUT2D eigenvalue weighted by atomic mass is 33.1. The normalized spacial score (nSPS) is 21.5. The number of nitrogens with zero attached hydrogens (tertiary/aromatic N) is 1. The molecule has 1 aliphatic heterocycles. The largest absolute Gasteiger partial charge is 0.508 e. The molecular weight excluding hydrogens is 1010 g/mol. The van der Waals surface area contributed by atoms with Gasteiger partial charge in [0.1, 0.15) is 48.0 Å². The third-order valence-electron chi connectivity index (χ3n) is 12.5. The number of fused-ring (bicyclic) bond motifs is 1. The van der Waals surface area contributed by atoms with Crippen LogP contribution in [0.3, 0.4) is 0 Å². The van der Waals surface area contributed by atoms with E-state index in [1.165, 1.54) is 31.3 Å². The number of nitrogens with one attached hydrogen (secondary N) is 7. The van der Waals surface area contributed by atoms with Gasteiger partial charge in [0.05, 0.1) is 12.5 Å². The van der Waals surface area contributed by atoms with E-state index in [9.17, 15) is 58.5 Å². The van der Waals surface area contributed by atoms with E-state index in [2.05, 4.69) is 36.9 Å². The number of benzene rings is 3. The topological polar surface area (TPSA) is 358 Å². The van der Waals surface area contributed by atoms with Crippen molar-refractivity contribution in [2.45, 2.75) is 107 Å². The van der Waals surface area contributed by atoms with Gasteiger partial charge in [0.2, 0.25) is 41.4 Å². The number of carboxylic acid groups (broad SMARTS) is 2. The van der Waals surface area contributed by atoms with E-state index in [0.717, 1.165) is 37.4 Å². The summed E-state index contributed by atoms with van der Waals surface area (Å²) in [7, 11) is 3.24. The lowest BCUT2D eigenvalue weighted by molar-refractivity contribution is -0.143. The maximum Gasteiger partial charge on any atom is 0.326 e. The maximum atomic E-state index is 14.9. The minimum absolute atomic E-state index is 0.0256. The Bertz CT molecular complexity index is 2640. The van der Waals surface area contributed by atoms with Gasteiger partial charge >= 0.3 is 11.9 Å². The highest BCUT2D eigenvalue weighted by molar-refractivity contribution is 8.76. The zero-order chi connectivity index (χ0) is 54.8. The molecule has 75 heavy (non-hydrogen) atoms.